The molecule has 132 valence electrons. The standard InChI is InChI=1S/C18H16N4O4/c1-25-18(24)12-4-2-5-13(8-12)22-16-11-19-15(10-20-16)17(23)21-9-14-6-3-7-26-14/h2-8,10-11H,9H2,1H3,(H,20,22)(H,21,23). The Kier molecular flexibility index (Phi) is 5.23. The summed E-state index contributed by atoms with van der Waals surface area (Å²) < 4.78 is 9.83. The molecule has 2 aromatic heterocycles. The largest absolute Gasteiger partial charge is 0.467 e. The Bertz CT molecular complexity index is 892. The van der Waals surface area contributed by atoms with E-state index in [0.717, 1.165) is 0 Å². The van der Waals surface area contributed by atoms with Gasteiger partial charge in [0.25, 0.3) is 5.91 Å². The number of anilines is 2. The minimum absolute atomic E-state index is 0.186. The Morgan fingerprint density at radius 1 is 1.15 bits per heavy atom. The van der Waals surface area contributed by atoms with Crippen molar-refractivity contribution in [3.63, 3.8) is 0 Å². The quantitative estimate of drug-likeness (QED) is 0.657. The molecule has 8 nitrogen and oxygen atoms in total. The molecule has 0 atom stereocenters. The van der Waals surface area contributed by atoms with Crippen molar-refractivity contribution in [3.8, 4) is 0 Å². The van der Waals surface area contributed by atoms with Crippen LogP contribution < -0.4 is 10.6 Å². The van der Waals surface area contributed by atoms with Gasteiger partial charge in [0.05, 0.1) is 37.9 Å². The molecule has 26 heavy (non-hydrogen) atoms. The molecule has 0 aliphatic rings. The minimum atomic E-state index is -0.427. The Balaban J connectivity index is 1.62. The molecular weight excluding hydrogens is 336 g/mol. The molecular formula is C18H16N4O4. The molecule has 2 heterocycles. The second kappa shape index (κ2) is 7.93. The number of nitrogens with one attached hydrogen (secondary N) is 2. The Morgan fingerprint density at radius 3 is 2.73 bits per heavy atom. The summed E-state index contributed by atoms with van der Waals surface area (Å²) in [5, 5.41) is 5.71. The van der Waals surface area contributed by atoms with Crippen LogP contribution in [0.15, 0.2) is 59.5 Å². The zero-order chi connectivity index (χ0) is 18.4. The number of carbonyl (C=O) groups is 2. The third-order valence-corrected chi connectivity index (χ3v) is 3.44. The van der Waals surface area contributed by atoms with Crippen LogP contribution in [0.5, 0.6) is 0 Å². The maximum atomic E-state index is 12.0. The van der Waals surface area contributed by atoms with Gasteiger partial charge in [0, 0.05) is 5.69 Å². The highest BCUT2D eigenvalue weighted by Crippen LogP contribution is 2.16. The van der Waals surface area contributed by atoms with Gasteiger partial charge in [-0.15, -0.1) is 0 Å². The minimum Gasteiger partial charge on any atom is -0.467 e. The summed E-state index contributed by atoms with van der Waals surface area (Å²) in [6, 6.07) is 10.3. The lowest BCUT2D eigenvalue weighted by molar-refractivity contribution is 0.0600. The van der Waals surface area contributed by atoms with Crippen LogP contribution in [0.1, 0.15) is 26.6 Å². The maximum absolute atomic E-state index is 12.0. The summed E-state index contributed by atoms with van der Waals surface area (Å²) >= 11 is 0. The normalized spacial score (nSPS) is 10.2. The predicted molar refractivity (Wildman–Crippen MR) is 93.0 cm³/mol. The second-order valence-electron chi connectivity index (χ2n) is 5.25. The number of methoxy groups -OCH3 is 1. The van der Waals surface area contributed by atoms with Crippen LogP contribution in [0.3, 0.4) is 0 Å². The highest BCUT2D eigenvalue weighted by Gasteiger charge is 2.09. The molecule has 1 amide bonds. The molecule has 0 saturated carbocycles. The number of nitrogens with zero attached hydrogens (tertiary/aromatic N) is 2. The van der Waals surface area contributed by atoms with E-state index in [1.165, 1.54) is 25.8 Å². The Hall–Kier alpha value is -3.68. The first-order valence-electron chi connectivity index (χ1n) is 7.74. The smallest absolute Gasteiger partial charge is 0.337 e. The summed E-state index contributed by atoms with van der Waals surface area (Å²) in [6.45, 7) is 0.272. The lowest BCUT2D eigenvalue weighted by Crippen LogP contribution is -2.23. The van der Waals surface area contributed by atoms with Gasteiger partial charge in [0.1, 0.15) is 17.3 Å². The van der Waals surface area contributed by atoms with Crippen LogP contribution in [0.25, 0.3) is 0 Å². The zero-order valence-corrected chi connectivity index (χ0v) is 13.9. The van der Waals surface area contributed by atoms with Gasteiger partial charge in [-0.25, -0.2) is 14.8 Å². The van der Waals surface area contributed by atoms with Crippen molar-refractivity contribution in [1.29, 1.82) is 0 Å². The number of carbonyl (C=O) groups excluding carboxylic acids is 2. The molecule has 2 N–H and O–H groups in total. The third kappa shape index (κ3) is 4.23. The molecule has 8 heteroatoms. The second-order valence-corrected chi connectivity index (χ2v) is 5.25. The summed E-state index contributed by atoms with van der Waals surface area (Å²) in [5.74, 6) is 0.307. The third-order valence-electron chi connectivity index (χ3n) is 3.44. The van der Waals surface area contributed by atoms with Crippen molar-refractivity contribution in [2.45, 2.75) is 6.54 Å². The molecule has 3 rings (SSSR count). The van der Waals surface area contributed by atoms with Gasteiger partial charge in [-0.1, -0.05) is 6.07 Å². The van der Waals surface area contributed by atoms with Gasteiger partial charge in [-0.3, -0.25) is 4.79 Å². The zero-order valence-electron chi connectivity index (χ0n) is 13.9. The van der Waals surface area contributed by atoms with Gasteiger partial charge < -0.3 is 19.8 Å². The van der Waals surface area contributed by atoms with E-state index >= 15 is 0 Å². The fraction of sp³-hybridized carbons (Fsp3) is 0.111. The van der Waals surface area contributed by atoms with Crippen LogP contribution in [-0.4, -0.2) is 29.0 Å². The molecule has 3 aromatic rings. The van der Waals surface area contributed by atoms with Gasteiger partial charge in [-0.05, 0) is 30.3 Å². The number of benzene rings is 1. The van der Waals surface area contributed by atoms with E-state index in [2.05, 4.69) is 25.3 Å². The first-order valence-corrected chi connectivity index (χ1v) is 7.74. The van der Waals surface area contributed by atoms with Gasteiger partial charge in [-0.2, -0.15) is 0 Å². The molecule has 0 saturated heterocycles. The molecule has 1 aromatic carbocycles. The Morgan fingerprint density at radius 2 is 2.04 bits per heavy atom. The first-order chi connectivity index (χ1) is 12.7. The van der Waals surface area contributed by atoms with E-state index in [1.807, 2.05) is 0 Å². The average Bonchev–Trinajstić information content (AvgIpc) is 3.20. The summed E-state index contributed by atoms with van der Waals surface area (Å²) in [4.78, 5) is 31.8. The SMILES string of the molecule is COC(=O)c1cccc(Nc2cnc(C(=O)NCc3ccco3)cn2)c1. The topological polar surface area (TPSA) is 106 Å². The number of furan rings is 1. The number of esters is 1. The van der Waals surface area contributed by atoms with E-state index < -0.39 is 5.97 Å². The highest BCUT2D eigenvalue weighted by molar-refractivity contribution is 5.92. The number of hydrogen-bond acceptors (Lipinski definition) is 7. The maximum Gasteiger partial charge on any atom is 0.337 e. The van der Waals surface area contributed by atoms with Crippen LogP contribution in [0, 0.1) is 0 Å². The molecule has 0 radical (unpaired) electrons. The predicted octanol–water partition coefficient (Wildman–Crippen LogP) is 2.53. The molecule has 0 spiro atoms. The number of hydrogen-bond donors (Lipinski definition) is 2. The molecule has 0 unspecified atom stereocenters. The van der Waals surface area contributed by atoms with Crippen LogP contribution >= 0.6 is 0 Å². The fourth-order valence-electron chi connectivity index (χ4n) is 2.17. The van der Waals surface area contributed by atoms with Crippen molar-refractivity contribution >= 4 is 23.4 Å². The number of amides is 1. The van der Waals surface area contributed by atoms with E-state index in [9.17, 15) is 9.59 Å². The van der Waals surface area contributed by atoms with Crippen molar-refractivity contribution in [3.05, 3.63) is 72.1 Å². The lowest BCUT2D eigenvalue weighted by Gasteiger charge is -2.07. The van der Waals surface area contributed by atoms with Crippen LogP contribution in [0.2, 0.25) is 0 Å². The first kappa shape index (κ1) is 17.2. The van der Waals surface area contributed by atoms with E-state index in [0.29, 0.717) is 22.8 Å². The molecule has 0 aliphatic heterocycles. The van der Waals surface area contributed by atoms with Crippen LogP contribution in [-0.2, 0) is 11.3 Å². The lowest BCUT2D eigenvalue weighted by atomic mass is 10.2. The summed E-state index contributed by atoms with van der Waals surface area (Å²) in [5.41, 5.74) is 1.25. The molecule has 0 fully saturated rings. The van der Waals surface area contributed by atoms with Gasteiger partial charge in [0.2, 0.25) is 0 Å². The number of aromatic nitrogens is 2. The van der Waals surface area contributed by atoms with Crippen molar-refractivity contribution < 1.29 is 18.7 Å². The van der Waals surface area contributed by atoms with Gasteiger partial charge in [0.15, 0.2) is 0 Å². The van der Waals surface area contributed by atoms with Crippen molar-refractivity contribution in [2.24, 2.45) is 0 Å². The molecule has 0 bridgehead atoms. The Labute approximate surface area is 149 Å². The summed E-state index contributed by atoms with van der Waals surface area (Å²) in [6.07, 6.45) is 4.34. The number of ether oxygens (including phenoxy) is 1. The molecule has 0 aliphatic carbocycles. The number of rotatable bonds is 6. The summed E-state index contributed by atoms with van der Waals surface area (Å²) in [7, 11) is 1.32. The van der Waals surface area contributed by atoms with Crippen molar-refractivity contribution in [1.82, 2.24) is 15.3 Å². The monoisotopic (exact) mass is 352 g/mol. The van der Waals surface area contributed by atoms with E-state index in [4.69, 9.17) is 4.42 Å². The van der Waals surface area contributed by atoms with E-state index in [-0.39, 0.29) is 18.1 Å². The average molecular weight is 352 g/mol. The van der Waals surface area contributed by atoms with Gasteiger partial charge >= 0.3 is 5.97 Å². The van der Waals surface area contributed by atoms with Crippen molar-refractivity contribution in [2.75, 3.05) is 12.4 Å². The van der Waals surface area contributed by atoms with Crippen LogP contribution in [0.4, 0.5) is 11.5 Å². The fourth-order valence-corrected chi connectivity index (χ4v) is 2.17. The highest BCUT2D eigenvalue weighted by atomic mass is 16.5. The van der Waals surface area contributed by atoms with E-state index in [1.54, 1.807) is 36.4 Å².